The van der Waals surface area contributed by atoms with Crippen LogP contribution >= 0.6 is 35.4 Å². The van der Waals surface area contributed by atoms with Gasteiger partial charge in [-0.15, -0.1) is 15.0 Å². The predicted octanol–water partition coefficient (Wildman–Crippen LogP) is 7.58. The first-order chi connectivity index (χ1) is 18.9. The molecule has 6 aromatic rings. The van der Waals surface area contributed by atoms with Gasteiger partial charge in [0.05, 0.1) is 10.7 Å². The molecule has 0 fully saturated rings. The standard InChI is InChI=1S/C29H19Cl2N5O2S/c1-16-13-23-24(35-36(34-23)25-8-4-6-17-5-2-3-7-19(17)25)15-22(16)32-29(39)33-28(37)27-12-11-26(38-27)20-10-9-18(30)14-21(20)31/h2-15H,1H3,(H2,32,33,37,39). The summed E-state index contributed by atoms with van der Waals surface area (Å²) >= 11 is 17.6. The van der Waals surface area contributed by atoms with Crippen molar-refractivity contribution in [3.8, 4) is 17.0 Å². The highest BCUT2D eigenvalue weighted by Crippen LogP contribution is 2.31. The van der Waals surface area contributed by atoms with Gasteiger partial charge in [-0.25, -0.2) is 0 Å². The van der Waals surface area contributed by atoms with E-state index in [0.29, 0.717) is 32.6 Å². The molecule has 0 spiro atoms. The van der Waals surface area contributed by atoms with E-state index in [1.165, 1.54) is 0 Å². The number of nitrogens with one attached hydrogen (secondary N) is 2. The Bertz CT molecular complexity index is 1910. The third-order valence-electron chi connectivity index (χ3n) is 6.21. The smallest absolute Gasteiger partial charge is 0.293 e. The van der Waals surface area contributed by atoms with E-state index < -0.39 is 5.91 Å². The van der Waals surface area contributed by atoms with Gasteiger partial charge in [0.1, 0.15) is 16.8 Å². The summed E-state index contributed by atoms with van der Waals surface area (Å²) in [6, 6.07) is 26.2. The maximum Gasteiger partial charge on any atom is 0.293 e. The second-order valence-corrected chi connectivity index (χ2v) is 10.1. The number of hydrogen-bond donors (Lipinski definition) is 2. The molecule has 2 aromatic heterocycles. The monoisotopic (exact) mass is 571 g/mol. The van der Waals surface area contributed by atoms with E-state index in [0.717, 1.165) is 27.5 Å². The fourth-order valence-corrected chi connectivity index (χ4v) is 5.01. The molecule has 0 atom stereocenters. The summed E-state index contributed by atoms with van der Waals surface area (Å²) in [4.78, 5) is 14.4. The Labute approximate surface area is 238 Å². The molecule has 7 nitrogen and oxygen atoms in total. The van der Waals surface area contributed by atoms with Crippen molar-refractivity contribution in [3.63, 3.8) is 0 Å². The summed E-state index contributed by atoms with van der Waals surface area (Å²) in [5, 5.41) is 18.3. The van der Waals surface area contributed by atoms with E-state index in [2.05, 4.69) is 27.9 Å². The molecule has 0 aliphatic rings. The molecule has 0 aliphatic carbocycles. The number of hydrogen-bond acceptors (Lipinski definition) is 5. The second kappa shape index (κ2) is 10.1. The van der Waals surface area contributed by atoms with Crippen LogP contribution in [0.3, 0.4) is 0 Å². The van der Waals surface area contributed by atoms with E-state index in [4.69, 9.17) is 44.9 Å². The fourth-order valence-electron chi connectivity index (χ4n) is 4.31. The lowest BCUT2D eigenvalue weighted by Crippen LogP contribution is -2.34. The van der Waals surface area contributed by atoms with E-state index in [-0.39, 0.29) is 10.9 Å². The topological polar surface area (TPSA) is 85.0 Å². The van der Waals surface area contributed by atoms with Gasteiger partial charge in [0.15, 0.2) is 10.9 Å². The molecule has 4 aromatic carbocycles. The Morgan fingerprint density at radius 1 is 0.923 bits per heavy atom. The molecule has 2 N–H and O–H groups in total. The summed E-state index contributed by atoms with van der Waals surface area (Å²) in [5.74, 6) is 0.0334. The molecule has 0 aliphatic heterocycles. The summed E-state index contributed by atoms with van der Waals surface area (Å²) in [7, 11) is 0. The third-order valence-corrected chi connectivity index (χ3v) is 6.96. The van der Waals surface area contributed by atoms with Gasteiger partial charge < -0.3 is 9.73 Å². The normalized spacial score (nSPS) is 11.2. The van der Waals surface area contributed by atoms with Crippen LogP contribution in [0, 0.1) is 6.92 Å². The molecule has 0 bridgehead atoms. The van der Waals surface area contributed by atoms with Crippen LogP contribution in [0.2, 0.25) is 10.0 Å². The fraction of sp³-hybridized carbons (Fsp3) is 0.0345. The number of nitrogens with zero attached hydrogens (tertiary/aromatic N) is 3. The third kappa shape index (κ3) is 4.97. The van der Waals surface area contributed by atoms with Gasteiger partial charge in [-0.05, 0) is 78.6 Å². The van der Waals surface area contributed by atoms with Crippen molar-refractivity contribution in [2.45, 2.75) is 6.92 Å². The number of thiocarbonyl (C=S) groups is 1. The van der Waals surface area contributed by atoms with Crippen LogP contribution in [0.5, 0.6) is 0 Å². The highest BCUT2D eigenvalue weighted by Gasteiger charge is 2.17. The van der Waals surface area contributed by atoms with E-state index in [9.17, 15) is 4.79 Å². The van der Waals surface area contributed by atoms with Gasteiger partial charge in [0.25, 0.3) is 5.91 Å². The zero-order valence-electron chi connectivity index (χ0n) is 20.4. The highest BCUT2D eigenvalue weighted by molar-refractivity contribution is 7.80. The second-order valence-electron chi connectivity index (χ2n) is 8.84. The summed E-state index contributed by atoms with van der Waals surface area (Å²) < 4.78 is 5.71. The van der Waals surface area contributed by atoms with Crippen molar-refractivity contribution in [1.82, 2.24) is 20.3 Å². The van der Waals surface area contributed by atoms with Gasteiger partial charge in [-0.3, -0.25) is 10.1 Å². The van der Waals surface area contributed by atoms with Gasteiger partial charge >= 0.3 is 0 Å². The van der Waals surface area contributed by atoms with Crippen molar-refractivity contribution in [2.75, 3.05) is 5.32 Å². The number of fused-ring (bicyclic) bond motifs is 2. The lowest BCUT2D eigenvalue weighted by atomic mass is 10.1. The Morgan fingerprint density at radius 2 is 1.69 bits per heavy atom. The number of carbonyl (C=O) groups excluding carboxylic acids is 1. The quantitative estimate of drug-likeness (QED) is 0.212. The lowest BCUT2D eigenvalue weighted by molar-refractivity contribution is 0.0951. The summed E-state index contributed by atoms with van der Waals surface area (Å²) in [6.45, 7) is 1.93. The number of aryl methyl sites for hydroxylation is 1. The van der Waals surface area contributed by atoms with Gasteiger partial charge in [0.2, 0.25) is 0 Å². The largest absolute Gasteiger partial charge is 0.451 e. The van der Waals surface area contributed by atoms with Crippen LogP contribution < -0.4 is 10.6 Å². The van der Waals surface area contributed by atoms with Crippen LogP contribution in [-0.4, -0.2) is 26.0 Å². The summed E-state index contributed by atoms with van der Waals surface area (Å²) in [5.41, 5.74) is 4.52. The number of amides is 1. The Hall–Kier alpha value is -4.24. The van der Waals surface area contributed by atoms with Crippen molar-refractivity contribution >= 4 is 73.9 Å². The molecular formula is C29H19Cl2N5O2S. The predicted molar refractivity (Wildman–Crippen MR) is 159 cm³/mol. The number of aromatic nitrogens is 3. The van der Waals surface area contributed by atoms with E-state index in [1.54, 1.807) is 35.1 Å². The molecule has 1 amide bonds. The summed E-state index contributed by atoms with van der Waals surface area (Å²) in [6.07, 6.45) is 0. The number of anilines is 1. The molecule has 0 unspecified atom stereocenters. The minimum Gasteiger partial charge on any atom is -0.451 e. The number of carbonyl (C=O) groups is 1. The van der Waals surface area contributed by atoms with Crippen molar-refractivity contribution in [1.29, 1.82) is 0 Å². The Balaban J connectivity index is 1.20. The van der Waals surface area contributed by atoms with Gasteiger partial charge in [-0.2, -0.15) is 0 Å². The van der Waals surface area contributed by atoms with Crippen LogP contribution in [0.1, 0.15) is 16.1 Å². The maximum atomic E-state index is 12.8. The lowest BCUT2D eigenvalue weighted by Gasteiger charge is -2.11. The average Bonchev–Trinajstić information content (AvgIpc) is 3.56. The number of halogens is 2. The van der Waals surface area contributed by atoms with Crippen molar-refractivity contribution < 1.29 is 9.21 Å². The molecule has 0 radical (unpaired) electrons. The Kier molecular flexibility index (Phi) is 6.52. The first kappa shape index (κ1) is 25.1. The van der Waals surface area contributed by atoms with Gasteiger partial charge in [0, 0.05) is 21.7 Å². The number of furan rings is 1. The molecular weight excluding hydrogens is 553 g/mol. The van der Waals surface area contributed by atoms with Crippen LogP contribution in [-0.2, 0) is 0 Å². The highest BCUT2D eigenvalue weighted by atomic mass is 35.5. The number of benzene rings is 4. The molecule has 2 heterocycles. The molecule has 192 valence electrons. The number of rotatable bonds is 4. The molecule has 39 heavy (non-hydrogen) atoms. The van der Waals surface area contributed by atoms with E-state index >= 15 is 0 Å². The average molecular weight is 572 g/mol. The first-order valence-corrected chi connectivity index (χ1v) is 13.1. The van der Waals surface area contributed by atoms with Crippen molar-refractivity contribution in [2.24, 2.45) is 0 Å². The van der Waals surface area contributed by atoms with Gasteiger partial charge in [-0.1, -0.05) is 59.6 Å². The van der Waals surface area contributed by atoms with Crippen LogP contribution in [0.15, 0.2) is 89.3 Å². The van der Waals surface area contributed by atoms with Crippen LogP contribution in [0.25, 0.3) is 38.8 Å². The molecule has 0 saturated heterocycles. The zero-order valence-corrected chi connectivity index (χ0v) is 22.7. The Morgan fingerprint density at radius 3 is 2.51 bits per heavy atom. The maximum absolute atomic E-state index is 12.8. The van der Waals surface area contributed by atoms with E-state index in [1.807, 2.05) is 49.4 Å². The SMILES string of the molecule is Cc1cc2nn(-c3cccc4ccccc34)nc2cc1NC(=S)NC(=O)c1ccc(-c2ccc(Cl)cc2Cl)o1. The minimum atomic E-state index is -0.496. The van der Waals surface area contributed by atoms with Crippen LogP contribution in [0.4, 0.5) is 5.69 Å². The first-order valence-electron chi connectivity index (χ1n) is 11.9. The molecule has 10 heteroatoms. The molecule has 6 rings (SSSR count). The molecule has 0 saturated carbocycles. The zero-order chi connectivity index (χ0) is 27.1. The minimum absolute atomic E-state index is 0.0883. The van der Waals surface area contributed by atoms with Crippen molar-refractivity contribution in [3.05, 3.63) is 106 Å².